The molecule has 0 radical (unpaired) electrons. The fraction of sp³-hybridized carbons (Fsp3) is 1.00. The maximum absolute atomic E-state index is 11.5. The summed E-state index contributed by atoms with van der Waals surface area (Å²) in [6.07, 6.45) is 6.02. The van der Waals surface area contributed by atoms with Gasteiger partial charge in [-0.2, -0.15) is 0 Å². The van der Waals surface area contributed by atoms with Crippen LogP contribution < -0.4 is 0 Å². The highest BCUT2D eigenvalue weighted by Gasteiger charge is 2.21. The molecule has 4 nitrogen and oxygen atoms in total. The van der Waals surface area contributed by atoms with Crippen molar-refractivity contribution in [3.63, 3.8) is 0 Å². The molecule has 1 atom stereocenters. The van der Waals surface area contributed by atoms with Gasteiger partial charge in [-0.05, 0) is 12.3 Å². The Hall–Kier alpha value is 0.110. The molecule has 0 aromatic heterocycles. The van der Waals surface area contributed by atoms with Crippen molar-refractivity contribution in [2.24, 2.45) is 5.92 Å². The average molecular weight is 266 g/mol. The van der Waals surface area contributed by atoms with Crippen LogP contribution in [0.5, 0.6) is 0 Å². The number of hydrogen-bond acceptors (Lipinski definition) is 3. The first kappa shape index (κ1) is 17.1. The van der Waals surface area contributed by atoms with Crippen molar-refractivity contribution in [1.82, 2.24) is 0 Å². The van der Waals surface area contributed by atoms with E-state index in [0.29, 0.717) is 19.1 Å². The standard InChI is InChI=1S/C12H27O4P/c1-4-7-8-9-10-15-17(13,14)16-11-12(5-2)6-3/h12H,4-11H2,1-3H3,(H,13,14). The summed E-state index contributed by atoms with van der Waals surface area (Å²) in [4.78, 5) is 9.42. The maximum atomic E-state index is 11.5. The van der Waals surface area contributed by atoms with Gasteiger partial charge in [0.2, 0.25) is 0 Å². The first-order chi connectivity index (χ1) is 8.05. The van der Waals surface area contributed by atoms with Crippen LogP contribution in [0.1, 0.15) is 59.3 Å². The van der Waals surface area contributed by atoms with Crippen LogP contribution >= 0.6 is 7.82 Å². The molecule has 0 bridgehead atoms. The first-order valence-electron chi connectivity index (χ1n) is 6.67. The SMILES string of the molecule is CCCCCCOP(=O)(O)OCC(CC)CC. The largest absolute Gasteiger partial charge is 0.472 e. The van der Waals surface area contributed by atoms with Crippen LogP contribution in [-0.4, -0.2) is 18.1 Å². The van der Waals surface area contributed by atoms with E-state index in [4.69, 9.17) is 9.05 Å². The number of phosphoric acid groups is 1. The molecule has 0 aliphatic rings. The molecule has 0 fully saturated rings. The molecule has 0 aromatic rings. The topological polar surface area (TPSA) is 55.8 Å². The normalized spacial score (nSPS) is 15.1. The van der Waals surface area contributed by atoms with Gasteiger partial charge in [-0.1, -0.05) is 52.9 Å². The molecule has 1 unspecified atom stereocenters. The third kappa shape index (κ3) is 9.78. The molecule has 0 spiro atoms. The van der Waals surface area contributed by atoms with Crippen molar-refractivity contribution in [3.8, 4) is 0 Å². The van der Waals surface area contributed by atoms with Crippen LogP contribution in [0.3, 0.4) is 0 Å². The lowest BCUT2D eigenvalue weighted by molar-refractivity contribution is 0.127. The molecule has 0 aliphatic heterocycles. The molecule has 0 aliphatic carbocycles. The highest BCUT2D eigenvalue weighted by atomic mass is 31.2. The van der Waals surface area contributed by atoms with E-state index in [0.717, 1.165) is 38.5 Å². The fourth-order valence-electron chi connectivity index (χ4n) is 1.47. The smallest absolute Gasteiger partial charge is 0.302 e. The minimum absolute atomic E-state index is 0.301. The second-order valence-electron chi connectivity index (χ2n) is 4.34. The average Bonchev–Trinajstić information content (AvgIpc) is 2.30. The van der Waals surface area contributed by atoms with Crippen molar-refractivity contribution in [3.05, 3.63) is 0 Å². The molecule has 0 heterocycles. The lowest BCUT2D eigenvalue weighted by Gasteiger charge is -2.16. The van der Waals surface area contributed by atoms with Gasteiger partial charge < -0.3 is 4.89 Å². The zero-order valence-corrected chi connectivity index (χ0v) is 12.2. The zero-order chi connectivity index (χ0) is 13.1. The summed E-state index contributed by atoms with van der Waals surface area (Å²) in [6, 6.07) is 0. The zero-order valence-electron chi connectivity index (χ0n) is 11.4. The van der Waals surface area contributed by atoms with Crippen LogP contribution in [0, 0.1) is 5.92 Å². The molecule has 17 heavy (non-hydrogen) atoms. The van der Waals surface area contributed by atoms with Gasteiger partial charge in [0.15, 0.2) is 0 Å². The third-order valence-electron chi connectivity index (χ3n) is 2.88. The van der Waals surface area contributed by atoms with E-state index >= 15 is 0 Å². The summed E-state index contributed by atoms with van der Waals surface area (Å²) in [5.74, 6) is 0.333. The summed E-state index contributed by atoms with van der Waals surface area (Å²) in [5.41, 5.74) is 0. The second-order valence-corrected chi connectivity index (χ2v) is 5.79. The van der Waals surface area contributed by atoms with Gasteiger partial charge in [-0.25, -0.2) is 4.57 Å². The van der Waals surface area contributed by atoms with Crippen molar-refractivity contribution >= 4 is 7.82 Å². The van der Waals surface area contributed by atoms with Crippen molar-refractivity contribution in [1.29, 1.82) is 0 Å². The van der Waals surface area contributed by atoms with E-state index in [1.54, 1.807) is 0 Å². The lowest BCUT2D eigenvalue weighted by atomic mass is 10.1. The molecule has 5 heteroatoms. The second kappa shape index (κ2) is 10.1. The summed E-state index contributed by atoms with van der Waals surface area (Å²) in [5, 5.41) is 0. The number of rotatable bonds is 11. The Bertz CT molecular complexity index is 217. The minimum atomic E-state index is -3.82. The molecule has 0 amide bonds. The van der Waals surface area contributed by atoms with E-state index in [9.17, 15) is 9.46 Å². The van der Waals surface area contributed by atoms with Crippen LogP contribution in [0.2, 0.25) is 0 Å². The van der Waals surface area contributed by atoms with Crippen molar-refractivity contribution in [2.45, 2.75) is 59.3 Å². The highest BCUT2D eigenvalue weighted by Crippen LogP contribution is 2.44. The van der Waals surface area contributed by atoms with Gasteiger partial charge in [0.25, 0.3) is 0 Å². The molecular formula is C12H27O4P. The van der Waals surface area contributed by atoms with Gasteiger partial charge in [-0.15, -0.1) is 0 Å². The van der Waals surface area contributed by atoms with E-state index in [1.807, 2.05) is 13.8 Å². The summed E-state index contributed by atoms with van der Waals surface area (Å²) in [7, 11) is -3.82. The van der Waals surface area contributed by atoms with E-state index in [-0.39, 0.29) is 0 Å². The predicted octanol–water partition coefficient (Wildman–Crippen LogP) is 4.14. The lowest BCUT2D eigenvalue weighted by Crippen LogP contribution is -2.07. The third-order valence-corrected chi connectivity index (χ3v) is 3.86. The van der Waals surface area contributed by atoms with Crippen molar-refractivity contribution < 1.29 is 18.5 Å². The number of unbranched alkanes of at least 4 members (excludes halogenated alkanes) is 3. The van der Waals surface area contributed by atoms with Gasteiger partial charge in [0.1, 0.15) is 0 Å². The molecule has 0 rings (SSSR count). The van der Waals surface area contributed by atoms with Gasteiger partial charge >= 0.3 is 7.82 Å². The van der Waals surface area contributed by atoms with Crippen LogP contribution in [0.25, 0.3) is 0 Å². The van der Waals surface area contributed by atoms with E-state index < -0.39 is 7.82 Å². The summed E-state index contributed by atoms with van der Waals surface area (Å²) < 4.78 is 21.4. The predicted molar refractivity (Wildman–Crippen MR) is 69.9 cm³/mol. The quantitative estimate of drug-likeness (QED) is 0.451. The van der Waals surface area contributed by atoms with Crippen LogP contribution in [0.15, 0.2) is 0 Å². The Kier molecular flexibility index (Phi) is 10.1. The Balaban J connectivity index is 3.68. The Labute approximate surface area is 105 Å². The van der Waals surface area contributed by atoms with Gasteiger partial charge in [-0.3, -0.25) is 9.05 Å². The molecule has 0 saturated heterocycles. The maximum Gasteiger partial charge on any atom is 0.472 e. The van der Waals surface area contributed by atoms with Crippen molar-refractivity contribution in [2.75, 3.05) is 13.2 Å². The van der Waals surface area contributed by atoms with Gasteiger partial charge in [0.05, 0.1) is 13.2 Å². The Morgan fingerprint density at radius 1 is 1.06 bits per heavy atom. The van der Waals surface area contributed by atoms with Gasteiger partial charge in [0, 0.05) is 0 Å². The highest BCUT2D eigenvalue weighted by molar-refractivity contribution is 7.47. The summed E-state index contributed by atoms with van der Waals surface area (Å²) in [6.45, 7) is 6.82. The molecule has 0 saturated carbocycles. The molecule has 104 valence electrons. The van der Waals surface area contributed by atoms with Crippen LogP contribution in [-0.2, 0) is 13.6 Å². The van der Waals surface area contributed by atoms with E-state index in [2.05, 4.69) is 6.92 Å². The van der Waals surface area contributed by atoms with Crippen LogP contribution in [0.4, 0.5) is 0 Å². The molecule has 1 N–H and O–H groups in total. The molecule has 0 aromatic carbocycles. The minimum Gasteiger partial charge on any atom is -0.302 e. The number of hydrogen-bond donors (Lipinski definition) is 1. The Morgan fingerprint density at radius 3 is 2.24 bits per heavy atom. The Morgan fingerprint density at radius 2 is 1.71 bits per heavy atom. The molecular weight excluding hydrogens is 239 g/mol. The monoisotopic (exact) mass is 266 g/mol. The number of phosphoric ester groups is 1. The first-order valence-corrected chi connectivity index (χ1v) is 8.17. The summed E-state index contributed by atoms with van der Waals surface area (Å²) >= 11 is 0. The fourth-order valence-corrected chi connectivity index (χ4v) is 2.30. The van der Waals surface area contributed by atoms with E-state index in [1.165, 1.54) is 0 Å².